The number of aliphatic hydroxyl groups excluding tert-OH is 1. The minimum absolute atomic E-state index is 0.142. The van der Waals surface area contributed by atoms with E-state index in [-0.39, 0.29) is 5.75 Å². The molecule has 0 aromatic carbocycles. The third kappa shape index (κ3) is 15.4. The standard InChI is InChI=1S/C14H26O4S/c1-2-3-11-14(15)12-9-7-5-4-6-8-10-13-19(16,17)18/h14-15H,2-8,10-11,13H2,1H3,(H,16,17,18). The fourth-order valence-corrected chi connectivity index (χ4v) is 2.26. The number of unbranched alkanes of at least 4 members (excludes halogenated alkanes) is 6. The lowest BCUT2D eigenvalue weighted by Gasteiger charge is -2.00. The van der Waals surface area contributed by atoms with Crippen molar-refractivity contribution in [2.75, 3.05) is 5.75 Å². The molecule has 0 spiro atoms. The van der Waals surface area contributed by atoms with Crippen LogP contribution in [0.1, 0.15) is 64.7 Å². The van der Waals surface area contributed by atoms with Crippen LogP contribution >= 0.6 is 0 Å². The Morgan fingerprint density at radius 3 is 2.32 bits per heavy atom. The van der Waals surface area contributed by atoms with Crippen molar-refractivity contribution in [3.05, 3.63) is 0 Å². The van der Waals surface area contributed by atoms with Gasteiger partial charge in [0, 0.05) is 6.42 Å². The van der Waals surface area contributed by atoms with Gasteiger partial charge in [-0.3, -0.25) is 4.55 Å². The zero-order chi connectivity index (χ0) is 14.6. The van der Waals surface area contributed by atoms with E-state index < -0.39 is 16.2 Å². The van der Waals surface area contributed by atoms with Gasteiger partial charge in [-0.1, -0.05) is 44.9 Å². The highest BCUT2D eigenvalue weighted by Gasteiger charge is 2.02. The first-order valence-electron chi connectivity index (χ1n) is 7.07. The smallest absolute Gasteiger partial charge is 0.264 e. The summed E-state index contributed by atoms with van der Waals surface area (Å²) in [4.78, 5) is 0. The second kappa shape index (κ2) is 11.3. The van der Waals surface area contributed by atoms with Gasteiger partial charge >= 0.3 is 0 Å². The molecule has 2 N–H and O–H groups in total. The van der Waals surface area contributed by atoms with Crippen LogP contribution in [0.25, 0.3) is 0 Å². The molecule has 0 aliphatic rings. The first-order chi connectivity index (χ1) is 8.95. The second-order valence-corrected chi connectivity index (χ2v) is 6.36. The first-order valence-corrected chi connectivity index (χ1v) is 8.68. The van der Waals surface area contributed by atoms with Gasteiger partial charge in [0.25, 0.3) is 10.1 Å². The van der Waals surface area contributed by atoms with Crippen molar-refractivity contribution in [1.82, 2.24) is 0 Å². The van der Waals surface area contributed by atoms with Gasteiger partial charge in [0.2, 0.25) is 0 Å². The lowest BCUT2D eigenvalue weighted by Crippen LogP contribution is -2.03. The highest BCUT2D eigenvalue weighted by Crippen LogP contribution is 2.06. The fourth-order valence-electron chi connectivity index (χ4n) is 1.69. The van der Waals surface area contributed by atoms with Crippen molar-refractivity contribution in [2.24, 2.45) is 0 Å². The van der Waals surface area contributed by atoms with E-state index in [0.717, 1.165) is 51.4 Å². The summed E-state index contributed by atoms with van der Waals surface area (Å²) in [6, 6.07) is 0. The summed E-state index contributed by atoms with van der Waals surface area (Å²) in [5.74, 6) is 5.66. The molecule has 4 nitrogen and oxygen atoms in total. The Hall–Kier alpha value is -0.570. The van der Waals surface area contributed by atoms with Crippen molar-refractivity contribution in [1.29, 1.82) is 0 Å². The largest absolute Gasteiger partial charge is 0.380 e. The minimum atomic E-state index is -3.79. The molecular formula is C14H26O4S. The predicted molar refractivity (Wildman–Crippen MR) is 77.4 cm³/mol. The molecule has 0 aliphatic carbocycles. The molecular weight excluding hydrogens is 264 g/mol. The maximum Gasteiger partial charge on any atom is 0.264 e. The summed E-state index contributed by atoms with van der Waals surface area (Å²) in [7, 11) is -3.79. The van der Waals surface area contributed by atoms with Crippen LogP contribution < -0.4 is 0 Å². The molecule has 0 heterocycles. The lowest BCUT2D eigenvalue weighted by molar-refractivity contribution is 0.218. The molecule has 0 aromatic heterocycles. The molecule has 0 bridgehead atoms. The van der Waals surface area contributed by atoms with E-state index in [1.807, 2.05) is 0 Å². The number of rotatable bonds is 10. The van der Waals surface area contributed by atoms with E-state index in [1.54, 1.807) is 0 Å². The molecule has 0 fully saturated rings. The zero-order valence-corrected chi connectivity index (χ0v) is 12.6. The Balaban J connectivity index is 3.38. The average Bonchev–Trinajstić information content (AvgIpc) is 2.33. The Morgan fingerprint density at radius 1 is 1.05 bits per heavy atom. The van der Waals surface area contributed by atoms with Gasteiger partial charge in [-0.25, -0.2) is 0 Å². The van der Waals surface area contributed by atoms with Crippen molar-refractivity contribution >= 4 is 10.1 Å². The minimum Gasteiger partial charge on any atom is -0.380 e. The van der Waals surface area contributed by atoms with Gasteiger partial charge in [-0.05, 0) is 19.3 Å². The summed E-state index contributed by atoms with van der Waals surface area (Å²) >= 11 is 0. The third-order valence-corrected chi connectivity index (χ3v) is 3.61. The third-order valence-electron chi connectivity index (χ3n) is 2.80. The van der Waals surface area contributed by atoms with Crippen LogP contribution in [0.4, 0.5) is 0 Å². The molecule has 0 aromatic rings. The topological polar surface area (TPSA) is 74.6 Å². The summed E-state index contributed by atoms with van der Waals surface area (Å²) in [6.07, 6.45) is 7.37. The molecule has 0 amide bonds. The van der Waals surface area contributed by atoms with Gasteiger partial charge in [-0.15, -0.1) is 5.92 Å². The summed E-state index contributed by atoms with van der Waals surface area (Å²) in [5.41, 5.74) is 0. The molecule has 1 atom stereocenters. The highest BCUT2D eigenvalue weighted by molar-refractivity contribution is 7.85. The molecule has 0 saturated heterocycles. The van der Waals surface area contributed by atoms with Crippen LogP contribution in [0.3, 0.4) is 0 Å². The number of hydrogen-bond donors (Lipinski definition) is 2. The molecule has 5 heteroatoms. The van der Waals surface area contributed by atoms with Crippen molar-refractivity contribution in [2.45, 2.75) is 70.8 Å². The Kier molecular flexibility index (Phi) is 10.9. The number of hydrogen-bond acceptors (Lipinski definition) is 3. The molecule has 112 valence electrons. The van der Waals surface area contributed by atoms with Gasteiger partial charge in [0.15, 0.2) is 0 Å². The number of aliphatic hydroxyl groups is 1. The van der Waals surface area contributed by atoms with Crippen LogP contribution in [0, 0.1) is 11.8 Å². The normalized spacial score (nSPS) is 12.8. The quantitative estimate of drug-likeness (QED) is 0.368. The van der Waals surface area contributed by atoms with E-state index in [1.165, 1.54) is 0 Å². The van der Waals surface area contributed by atoms with Crippen molar-refractivity contribution < 1.29 is 18.1 Å². The molecule has 0 radical (unpaired) electrons. The maximum atomic E-state index is 10.5. The van der Waals surface area contributed by atoms with E-state index in [4.69, 9.17) is 4.55 Å². The van der Waals surface area contributed by atoms with E-state index in [2.05, 4.69) is 18.8 Å². The van der Waals surface area contributed by atoms with Gasteiger partial charge in [0.05, 0.1) is 5.75 Å². The summed E-state index contributed by atoms with van der Waals surface area (Å²) in [5, 5.41) is 9.48. The van der Waals surface area contributed by atoms with Crippen LogP contribution in [-0.2, 0) is 10.1 Å². The fraction of sp³-hybridized carbons (Fsp3) is 0.857. The van der Waals surface area contributed by atoms with Crippen LogP contribution in [0.15, 0.2) is 0 Å². The summed E-state index contributed by atoms with van der Waals surface area (Å²) < 4.78 is 29.4. The van der Waals surface area contributed by atoms with E-state index in [9.17, 15) is 13.5 Å². The van der Waals surface area contributed by atoms with Crippen LogP contribution in [-0.4, -0.2) is 29.9 Å². The van der Waals surface area contributed by atoms with Gasteiger partial charge in [-0.2, -0.15) is 8.42 Å². The van der Waals surface area contributed by atoms with Crippen LogP contribution in [0.5, 0.6) is 0 Å². The molecule has 0 rings (SSSR count). The average molecular weight is 290 g/mol. The maximum absolute atomic E-state index is 10.5. The monoisotopic (exact) mass is 290 g/mol. The van der Waals surface area contributed by atoms with Crippen LogP contribution in [0.2, 0.25) is 0 Å². The summed E-state index contributed by atoms with van der Waals surface area (Å²) in [6.45, 7) is 2.09. The SMILES string of the molecule is CCCCC(O)C#CCCCCCCCS(=O)(=O)O. The van der Waals surface area contributed by atoms with Crippen molar-refractivity contribution in [3.8, 4) is 11.8 Å². The van der Waals surface area contributed by atoms with E-state index in [0.29, 0.717) is 6.42 Å². The predicted octanol–water partition coefficient (Wildman–Crippen LogP) is 2.77. The van der Waals surface area contributed by atoms with Gasteiger partial charge < -0.3 is 5.11 Å². The van der Waals surface area contributed by atoms with Crippen molar-refractivity contribution in [3.63, 3.8) is 0 Å². The Labute approximate surface area is 117 Å². The highest BCUT2D eigenvalue weighted by atomic mass is 32.2. The molecule has 19 heavy (non-hydrogen) atoms. The van der Waals surface area contributed by atoms with Gasteiger partial charge in [0.1, 0.15) is 6.10 Å². The molecule has 1 unspecified atom stereocenters. The molecule has 0 saturated carbocycles. The second-order valence-electron chi connectivity index (χ2n) is 4.78. The first kappa shape index (κ1) is 18.4. The van der Waals surface area contributed by atoms with E-state index >= 15 is 0 Å². The Morgan fingerprint density at radius 2 is 1.68 bits per heavy atom. The lowest BCUT2D eigenvalue weighted by atomic mass is 10.1. The Bertz CT molecular complexity index is 365. The zero-order valence-electron chi connectivity index (χ0n) is 11.8. The molecule has 0 aliphatic heterocycles.